The van der Waals surface area contributed by atoms with E-state index in [1.54, 1.807) is 30.1 Å². The van der Waals surface area contributed by atoms with Gasteiger partial charge < -0.3 is 14.7 Å². The van der Waals surface area contributed by atoms with E-state index < -0.39 is 0 Å². The molecule has 0 atom stereocenters. The van der Waals surface area contributed by atoms with E-state index in [0.717, 1.165) is 25.9 Å². The van der Waals surface area contributed by atoms with E-state index in [9.17, 15) is 9.59 Å². The molecule has 2 amide bonds. The van der Waals surface area contributed by atoms with Gasteiger partial charge in [0, 0.05) is 45.5 Å². The first-order chi connectivity index (χ1) is 14.0. The van der Waals surface area contributed by atoms with Crippen molar-refractivity contribution in [2.75, 3.05) is 44.7 Å². The fraction of sp³-hybridized carbons (Fsp3) is 0.435. The van der Waals surface area contributed by atoms with Crippen LogP contribution in [0.5, 0.6) is 0 Å². The minimum atomic E-state index is -0.141. The molecular weight excluding hydrogens is 364 g/mol. The number of hydrogen-bond donors (Lipinski definition) is 0. The van der Waals surface area contributed by atoms with Gasteiger partial charge in [-0.05, 0) is 43.2 Å². The van der Waals surface area contributed by atoms with Crippen LogP contribution in [0.4, 0.5) is 5.69 Å². The summed E-state index contributed by atoms with van der Waals surface area (Å²) in [5.41, 5.74) is 3.09. The molecule has 1 aliphatic heterocycles. The quantitative estimate of drug-likeness (QED) is 0.755. The predicted octanol–water partition coefficient (Wildman–Crippen LogP) is 3.22. The molecule has 1 saturated heterocycles. The highest BCUT2D eigenvalue weighted by atomic mass is 16.2. The maximum Gasteiger partial charge on any atom is 0.272 e. The van der Waals surface area contributed by atoms with Crippen molar-refractivity contribution in [3.8, 4) is 0 Å². The predicted molar refractivity (Wildman–Crippen MR) is 115 cm³/mol. The third-order valence-corrected chi connectivity index (χ3v) is 5.31. The molecule has 1 aliphatic rings. The van der Waals surface area contributed by atoms with Crippen molar-refractivity contribution >= 4 is 17.5 Å². The largest absolute Gasteiger partial charge is 0.368 e. The van der Waals surface area contributed by atoms with Crippen molar-refractivity contribution in [2.45, 2.75) is 26.7 Å². The maximum atomic E-state index is 12.9. The van der Waals surface area contributed by atoms with Crippen LogP contribution in [0.15, 0.2) is 42.5 Å². The van der Waals surface area contributed by atoms with Crippen LogP contribution < -0.4 is 4.90 Å². The van der Waals surface area contributed by atoms with Gasteiger partial charge in [-0.2, -0.15) is 0 Å². The monoisotopic (exact) mass is 394 g/mol. The Morgan fingerprint density at radius 3 is 2.41 bits per heavy atom. The summed E-state index contributed by atoms with van der Waals surface area (Å²) < 4.78 is 0. The van der Waals surface area contributed by atoms with Gasteiger partial charge >= 0.3 is 0 Å². The second kappa shape index (κ2) is 9.54. The topological polar surface area (TPSA) is 56.8 Å². The zero-order chi connectivity index (χ0) is 20.8. The third kappa shape index (κ3) is 5.13. The van der Waals surface area contributed by atoms with Crippen molar-refractivity contribution in [3.05, 3.63) is 59.4 Å². The number of nitrogens with zero attached hydrogens (tertiary/aromatic N) is 4. The molecule has 0 N–H and O–H groups in total. The van der Waals surface area contributed by atoms with Gasteiger partial charge in [-0.3, -0.25) is 9.59 Å². The zero-order valence-corrected chi connectivity index (χ0v) is 17.6. The molecule has 6 heteroatoms. The Labute approximate surface area is 173 Å². The molecule has 1 aromatic carbocycles. The van der Waals surface area contributed by atoms with Crippen LogP contribution in [0.25, 0.3) is 0 Å². The summed E-state index contributed by atoms with van der Waals surface area (Å²) in [7, 11) is 1.78. The number of carbonyl (C=O) groups is 2. The molecule has 0 radical (unpaired) electrons. The first-order valence-electron chi connectivity index (χ1n) is 10.3. The number of benzene rings is 1. The van der Waals surface area contributed by atoms with Crippen LogP contribution in [0, 0.1) is 6.92 Å². The summed E-state index contributed by atoms with van der Waals surface area (Å²) in [4.78, 5) is 35.7. The fourth-order valence-corrected chi connectivity index (χ4v) is 3.52. The second-order valence-corrected chi connectivity index (χ2v) is 7.61. The number of aromatic nitrogens is 1. The lowest BCUT2D eigenvalue weighted by Crippen LogP contribution is -2.49. The van der Waals surface area contributed by atoms with Gasteiger partial charge in [0.05, 0.1) is 0 Å². The van der Waals surface area contributed by atoms with Crippen LogP contribution in [-0.2, 0) is 0 Å². The standard InChI is InChI=1S/C23H30N4O2/c1-4-5-12-25(3)22(28)20-10-7-11-21(24-20)23(29)27-15-13-26(14-16-27)19-9-6-8-18(2)17-19/h6-11,17H,4-5,12-16H2,1-3H3. The highest BCUT2D eigenvalue weighted by molar-refractivity contribution is 5.96. The smallest absolute Gasteiger partial charge is 0.272 e. The van der Waals surface area contributed by atoms with Crippen LogP contribution >= 0.6 is 0 Å². The summed E-state index contributed by atoms with van der Waals surface area (Å²) in [6.45, 7) is 7.72. The van der Waals surface area contributed by atoms with Crippen LogP contribution in [0.3, 0.4) is 0 Å². The SMILES string of the molecule is CCCCN(C)C(=O)c1cccc(C(=O)N2CCN(c3cccc(C)c3)CC2)n1. The first-order valence-corrected chi connectivity index (χ1v) is 10.3. The molecule has 29 heavy (non-hydrogen) atoms. The Kier molecular flexibility index (Phi) is 6.86. The van der Waals surface area contributed by atoms with Crippen LogP contribution in [-0.4, -0.2) is 66.4 Å². The average Bonchev–Trinajstić information content (AvgIpc) is 2.76. The molecule has 6 nitrogen and oxygen atoms in total. The Balaban J connectivity index is 1.63. The van der Waals surface area contributed by atoms with E-state index in [-0.39, 0.29) is 11.8 Å². The maximum absolute atomic E-state index is 12.9. The normalized spacial score (nSPS) is 14.0. The highest BCUT2D eigenvalue weighted by Crippen LogP contribution is 2.18. The van der Waals surface area contributed by atoms with Crippen molar-refractivity contribution in [1.29, 1.82) is 0 Å². The fourth-order valence-electron chi connectivity index (χ4n) is 3.52. The van der Waals surface area contributed by atoms with Crippen LogP contribution in [0.1, 0.15) is 46.3 Å². The lowest BCUT2D eigenvalue weighted by molar-refractivity contribution is 0.0739. The lowest BCUT2D eigenvalue weighted by atomic mass is 10.2. The Hall–Kier alpha value is -2.89. The summed E-state index contributed by atoms with van der Waals surface area (Å²) >= 11 is 0. The van der Waals surface area contributed by atoms with Crippen molar-refractivity contribution in [3.63, 3.8) is 0 Å². The number of piperazine rings is 1. The Bertz CT molecular complexity index is 859. The lowest BCUT2D eigenvalue weighted by Gasteiger charge is -2.36. The first kappa shape index (κ1) is 20.8. The van der Waals surface area contributed by atoms with Crippen molar-refractivity contribution in [2.24, 2.45) is 0 Å². The summed E-state index contributed by atoms with van der Waals surface area (Å²) in [5, 5.41) is 0. The zero-order valence-electron chi connectivity index (χ0n) is 17.6. The van der Waals surface area contributed by atoms with E-state index in [1.165, 1.54) is 11.3 Å². The van der Waals surface area contributed by atoms with Gasteiger partial charge in [-0.1, -0.05) is 31.5 Å². The van der Waals surface area contributed by atoms with Crippen molar-refractivity contribution < 1.29 is 9.59 Å². The number of rotatable bonds is 6. The van der Waals surface area contributed by atoms with Gasteiger partial charge in [0.2, 0.25) is 0 Å². The Morgan fingerprint density at radius 1 is 1.03 bits per heavy atom. The number of pyridine rings is 1. The molecule has 1 aromatic heterocycles. The number of anilines is 1. The molecule has 2 heterocycles. The highest BCUT2D eigenvalue weighted by Gasteiger charge is 2.24. The third-order valence-electron chi connectivity index (χ3n) is 5.31. The molecule has 1 fully saturated rings. The van der Waals surface area contributed by atoms with Gasteiger partial charge in [-0.15, -0.1) is 0 Å². The molecule has 154 valence electrons. The molecule has 0 aliphatic carbocycles. The molecular formula is C23H30N4O2. The number of hydrogen-bond acceptors (Lipinski definition) is 4. The molecule has 0 saturated carbocycles. The van der Waals surface area contributed by atoms with E-state index in [2.05, 4.69) is 48.0 Å². The summed E-state index contributed by atoms with van der Waals surface area (Å²) in [6, 6.07) is 13.5. The summed E-state index contributed by atoms with van der Waals surface area (Å²) in [5.74, 6) is -0.253. The van der Waals surface area contributed by atoms with E-state index in [1.807, 2.05) is 4.90 Å². The van der Waals surface area contributed by atoms with Crippen molar-refractivity contribution in [1.82, 2.24) is 14.8 Å². The molecule has 0 spiro atoms. The van der Waals surface area contributed by atoms with E-state index in [4.69, 9.17) is 0 Å². The number of aryl methyl sites for hydroxylation is 1. The number of amides is 2. The minimum absolute atomic E-state index is 0.111. The Morgan fingerprint density at radius 2 is 1.72 bits per heavy atom. The van der Waals surface area contributed by atoms with Gasteiger partial charge in [-0.25, -0.2) is 4.98 Å². The molecule has 2 aromatic rings. The van der Waals surface area contributed by atoms with Crippen LogP contribution in [0.2, 0.25) is 0 Å². The summed E-state index contributed by atoms with van der Waals surface area (Å²) in [6.07, 6.45) is 1.98. The van der Waals surface area contributed by atoms with Gasteiger partial charge in [0.15, 0.2) is 0 Å². The van der Waals surface area contributed by atoms with Gasteiger partial charge in [0.25, 0.3) is 11.8 Å². The van der Waals surface area contributed by atoms with Gasteiger partial charge in [0.1, 0.15) is 11.4 Å². The number of unbranched alkanes of at least 4 members (excludes halogenated alkanes) is 1. The molecule has 3 rings (SSSR count). The van der Waals surface area contributed by atoms with E-state index >= 15 is 0 Å². The van der Waals surface area contributed by atoms with E-state index in [0.29, 0.717) is 31.0 Å². The second-order valence-electron chi connectivity index (χ2n) is 7.61. The molecule has 0 unspecified atom stereocenters. The average molecular weight is 395 g/mol. The number of carbonyl (C=O) groups excluding carboxylic acids is 2. The molecule has 0 bridgehead atoms. The minimum Gasteiger partial charge on any atom is -0.368 e.